The van der Waals surface area contributed by atoms with Crippen LogP contribution >= 0.6 is 15.9 Å². The number of ether oxygens (including phenoxy) is 1. The maximum atomic E-state index is 5.56. The van der Waals surface area contributed by atoms with Crippen LogP contribution < -0.4 is 5.32 Å². The minimum atomic E-state index is 0.377. The Morgan fingerprint density at radius 3 is 3.00 bits per heavy atom. The molecular weight excluding hydrogens is 294 g/mol. The molecule has 0 aromatic rings. The fourth-order valence-corrected chi connectivity index (χ4v) is 2.80. The Labute approximate surface area is 118 Å². The van der Waals surface area contributed by atoms with Gasteiger partial charge in [-0.1, -0.05) is 22.5 Å². The van der Waals surface area contributed by atoms with Crippen LogP contribution in [0, 0.1) is 5.41 Å². The van der Waals surface area contributed by atoms with E-state index in [4.69, 9.17) is 4.74 Å². The second-order valence-electron chi connectivity index (χ2n) is 5.16. The zero-order valence-corrected chi connectivity index (χ0v) is 12.6. The molecular formula is C13H22BrN3O. The van der Waals surface area contributed by atoms with Gasteiger partial charge in [0.1, 0.15) is 0 Å². The third-order valence-electron chi connectivity index (χ3n) is 3.66. The molecule has 18 heavy (non-hydrogen) atoms. The molecule has 0 aromatic carbocycles. The van der Waals surface area contributed by atoms with Crippen molar-refractivity contribution in [3.63, 3.8) is 0 Å². The van der Waals surface area contributed by atoms with Crippen molar-refractivity contribution in [2.75, 3.05) is 39.4 Å². The average molecular weight is 316 g/mol. The van der Waals surface area contributed by atoms with E-state index in [-0.39, 0.29) is 0 Å². The van der Waals surface area contributed by atoms with Gasteiger partial charge in [-0.3, -0.25) is 0 Å². The van der Waals surface area contributed by atoms with Crippen molar-refractivity contribution in [1.29, 1.82) is 0 Å². The Morgan fingerprint density at radius 1 is 1.56 bits per heavy atom. The van der Waals surface area contributed by atoms with Crippen LogP contribution in [0.1, 0.15) is 19.8 Å². The molecule has 1 atom stereocenters. The second-order valence-corrected chi connectivity index (χ2v) is 6.28. The molecule has 2 heterocycles. The molecule has 5 heteroatoms. The molecule has 4 nitrogen and oxygen atoms in total. The van der Waals surface area contributed by atoms with E-state index in [0.29, 0.717) is 12.0 Å². The van der Waals surface area contributed by atoms with E-state index in [1.165, 1.54) is 12.8 Å². The first-order valence-electron chi connectivity index (χ1n) is 6.59. The van der Waals surface area contributed by atoms with E-state index in [9.17, 15) is 0 Å². The summed E-state index contributed by atoms with van der Waals surface area (Å²) in [7, 11) is 0. The van der Waals surface area contributed by atoms with Crippen LogP contribution in [0.4, 0.5) is 0 Å². The minimum absolute atomic E-state index is 0.377. The zero-order valence-electron chi connectivity index (χ0n) is 11.0. The summed E-state index contributed by atoms with van der Waals surface area (Å²) in [5, 5.41) is 3.36. The molecule has 0 aliphatic carbocycles. The monoisotopic (exact) mass is 315 g/mol. The molecule has 1 spiro atoms. The number of aliphatic imine (C=N–C) groups is 1. The lowest BCUT2D eigenvalue weighted by molar-refractivity contribution is 0.156. The number of hydrogen-bond donors (Lipinski definition) is 1. The van der Waals surface area contributed by atoms with Crippen molar-refractivity contribution in [3.8, 4) is 0 Å². The fourth-order valence-electron chi connectivity index (χ4n) is 2.67. The molecule has 0 aromatic heterocycles. The maximum absolute atomic E-state index is 5.56. The van der Waals surface area contributed by atoms with Crippen LogP contribution in [0.2, 0.25) is 0 Å². The highest BCUT2D eigenvalue weighted by Crippen LogP contribution is 2.38. The summed E-state index contributed by atoms with van der Waals surface area (Å²) in [5.74, 6) is 1.00. The Hall–Kier alpha value is -0.550. The van der Waals surface area contributed by atoms with Gasteiger partial charge >= 0.3 is 0 Å². The molecule has 0 amide bonds. The number of nitrogens with zero attached hydrogens (tertiary/aromatic N) is 2. The van der Waals surface area contributed by atoms with Gasteiger partial charge in [-0.15, -0.1) is 0 Å². The third-order valence-corrected chi connectivity index (χ3v) is 3.91. The first-order chi connectivity index (χ1) is 8.65. The molecule has 2 fully saturated rings. The van der Waals surface area contributed by atoms with E-state index < -0.39 is 0 Å². The van der Waals surface area contributed by atoms with E-state index in [2.05, 4.69) is 44.6 Å². The summed E-state index contributed by atoms with van der Waals surface area (Å²) in [5.41, 5.74) is 0.377. The smallest absolute Gasteiger partial charge is 0.194 e. The topological polar surface area (TPSA) is 36.9 Å². The van der Waals surface area contributed by atoms with Crippen LogP contribution in [-0.2, 0) is 4.74 Å². The summed E-state index contributed by atoms with van der Waals surface area (Å²) in [6.07, 6.45) is 2.40. The van der Waals surface area contributed by atoms with Crippen LogP contribution in [0.15, 0.2) is 16.1 Å². The minimum Gasteiger partial charge on any atom is -0.381 e. The van der Waals surface area contributed by atoms with Gasteiger partial charge in [0.2, 0.25) is 0 Å². The van der Waals surface area contributed by atoms with E-state index in [1.807, 2.05) is 0 Å². The number of nitrogens with one attached hydrogen (secondary N) is 1. The zero-order chi connectivity index (χ0) is 13.0. The third kappa shape index (κ3) is 3.26. The van der Waals surface area contributed by atoms with E-state index >= 15 is 0 Å². The van der Waals surface area contributed by atoms with Gasteiger partial charge in [-0.25, -0.2) is 4.99 Å². The normalized spacial score (nSPS) is 28.1. The van der Waals surface area contributed by atoms with Crippen LogP contribution in [0.3, 0.4) is 0 Å². The summed E-state index contributed by atoms with van der Waals surface area (Å²) < 4.78 is 6.47. The highest BCUT2D eigenvalue weighted by Gasteiger charge is 2.42. The largest absolute Gasteiger partial charge is 0.381 e. The van der Waals surface area contributed by atoms with Gasteiger partial charge in [0.05, 0.1) is 13.2 Å². The van der Waals surface area contributed by atoms with Crippen molar-refractivity contribution in [2.45, 2.75) is 19.8 Å². The highest BCUT2D eigenvalue weighted by molar-refractivity contribution is 9.11. The summed E-state index contributed by atoms with van der Waals surface area (Å²) in [6.45, 7) is 11.4. The number of likely N-dealkylation sites (tertiary alicyclic amines) is 1. The molecule has 2 aliphatic heterocycles. The predicted octanol–water partition coefficient (Wildman–Crippen LogP) is 1.97. The lowest BCUT2D eigenvalue weighted by Crippen LogP contribution is -2.41. The van der Waals surface area contributed by atoms with Crippen molar-refractivity contribution in [2.24, 2.45) is 10.4 Å². The molecule has 102 valence electrons. The van der Waals surface area contributed by atoms with E-state index in [0.717, 1.165) is 43.3 Å². The van der Waals surface area contributed by atoms with Gasteiger partial charge in [0.25, 0.3) is 0 Å². The summed E-state index contributed by atoms with van der Waals surface area (Å²) >= 11 is 3.35. The van der Waals surface area contributed by atoms with Crippen LogP contribution in [0.25, 0.3) is 0 Å². The van der Waals surface area contributed by atoms with Gasteiger partial charge in [0, 0.05) is 36.1 Å². The number of hydrogen-bond acceptors (Lipinski definition) is 2. The maximum Gasteiger partial charge on any atom is 0.194 e. The van der Waals surface area contributed by atoms with Gasteiger partial charge in [0.15, 0.2) is 5.96 Å². The lowest BCUT2D eigenvalue weighted by Gasteiger charge is -2.24. The highest BCUT2D eigenvalue weighted by atomic mass is 79.9. The molecule has 2 aliphatic rings. The molecule has 1 unspecified atom stereocenters. The predicted molar refractivity (Wildman–Crippen MR) is 78.1 cm³/mol. The first kappa shape index (κ1) is 13.9. The Bertz CT molecular complexity index is 337. The lowest BCUT2D eigenvalue weighted by atomic mass is 9.87. The van der Waals surface area contributed by atoms with Crippen LogP contribution in [-0.4, -0.2) is 50.3 Å². The molecule has 0 radical (unpaired) electrons. The Morgan fingerprint density at radius 2 is 2.39 bits per heavy atom. The number of rotatable bonds is 3. The molecule has 0 saturated carbocycles. The fraction of sp³-hybridized carbons (Fsp3) is 0.769. The molecule has 1 N–H and O–H groups in total. The van der Waals surface area contributed by atoms with Crippen molar-refractivity contribution in [1.82, 2.24) is 10.2 Å². The quantitative estimate of drug-likeness (QED) is 0.639. The number of halogens is 1. The van der Waals surface area contributed by atoms with E-state index in [1.54, 1.807) is 0 Å². The standard InChI is InChI=1S/C13H22BrN3O/c1-3-15-12(16-8-11(2)14)17-6-4-13(9-17)5-7-18-10-13/h2-10H2,1H3,(H,15,16). The number of guanidine groups is 1. The van der Waals surface area contributed by atoms with Gasteiger partial charge < -0.3 is 15.0 Å². The van der Waals surface area contributed by atoms with Gasteiger partial charge in [-0.05, 0) is 19.8 Å². The average Bonchev–Trinajstić information content (AvgIpc) is 2.96. The van der Waals surface area contributed by atoms with Crippen molar-refractivity contribution in [3.05, 3.63) is 11.1 Å². The first-order valence-corrected chi connectivity index (χ1v) is 7.39. The Balaban J connectivity index is 1.99. The molecule has 2 saturated heterocycles. The molecule has 2 rings (SSSR count). The van der Waals surface area contributed by atoms with Crippen LogP contribution in [0.5, 0.6) is 0 Å². The van der Waals surface area contributed by atoms with Crippen molar-refractivity contribution < 1.29 is 4.74 Å². The molecule has 0 bridgehead atoms. The second kappa shape index (κ2) is 6.06. The summed E-state index contributed by atoms with van der Waals surface area (Å²) in [6, 6.07) is 0. The van der Waals surface area contributed by atoms with Crippen molar-refractivity contribution >= 4 is 21.9 Å². The Kier molecular flexibility index (Phi) is 4.67. The SMILES string of the molecule is C=C(Br)CN=C(NCC)N1CCC2(CCOC2)C1. The summed E-state index contributed by atoms with van der Waals surface area (Å²) in [4.78, 5) is 6.95. The van der Waals surface area contributed by atoms with Gasteiger partial charge in [-0.2, -0.15) is 0 Å².